The lowest BCUT2D eigenvalue weighted by Crippen LogP contribution is -2.45. The summed E-state index contributed by atoms with van der Waals surface area (Å²) < 4.78 is 0. The highest BCUT2D eigenvalue weighted by Gasteiger charge is 2.26. The van der Waals surface area contributed by atoms with Gasteiger partial charge in [0.15, 0.2) is 0 Å². The van der Waals surface area contributed by atoms with E-state index in [1.165, 1.54) is 16.7 Å². The lowest BCUT2D eigenvalue weighted by molar-refractivity contribution is 0.0926. The van der Waals surface area contributed by atoms with Crippen LogP contribution in [0.2, 0.25) is 0 Å². The molecule has 0 bridgehead atoms. The number of carbonyl (C=O) groups is 2. The molecule has 5 heteroatoms. The van der Waals surface area contributed by atoms with Crippen molar-refractivity contribution < 1.29 is 9.59 Å². The van der Waals surface area contributed by atoms with Crippen LogP contribution in [0, 0.1) is 0 Å². The quantitative estimate of drug-likeness (QED) is 0.492. The van der Waals surface area contributed by atoms with E-state index in [0.717, 1.165) is 62.9 Å². The smallest absolute Gasteiger partial charge is 0.253 e. The first-order valence-electron chi connectivity index (χ1n) is 13.2. The Balaban J connectivity index is 1.21. The van der Waals surface area contributed by atoms with Crippen molar-refractivity contribution in [3.63, 3.8) is 0 Å². The monoisotopic (exact) mass is 481 g/mol. The van der Waals surface area contributed by atoms with Crippen LogP contribution in [-0.4, -0.2) is 30.9 Å². The molecule has 0 aromatic heterocycles. The predicted molar refractivity (Wildman–Crippen MR) is 145 cm³/mol. The zero-order valence-corrected chi connectivity index (χ0v) is 21.0. The molecule has 36 heavy (non-hydrogen) atoms. The van der Waals surface area contributed by atoms with Gasteiger partial charge in [-0.1, -0.05) is 55.5 Å². The maximum atomic E-state index is 13.4. The second kappa shape index (κ2) is 11.0. The van der Waals surface area contributed by atoms with Gasteiger partial charge in [-0.3, -0.25) is 9.59 Å². The van der Waals surface area contributed by atoms with Crippen molar-refractivity contribution in [3.8, 4) is 0 Å². The summed E-state index contributed by atoms with van der Waals surface area (Å²) in [5.41, 5.74) is 6.22. The number of carbonyl (C=O) groups excluding carboxylic acids is 2. The Kier molecular flexibility index (Phi) is 7.36. The summed E-state index contributed by atoms with van der Waals surface area (Å²) >= 11 is 0. The average Bonchev–Trinajstić information content (AvgIpc) is 2.93. The number of benzene rings is 3. The molecule has 5 nitrogen and oxygen atoms in total. The highest BCUT2D eigenvalue weighted by molar-refractivity contribution is 6.00. The van der Waals surface area contributed by atoms with Gasteiger partial charge in [-0.25, -0.2) is 0 Å². The van der Waals surface area contributed by atoms with Crippen LogP contribution in [0.15, 0.2) is 72.8 Å². The number of aryl methyl sites for hydroxylation is 2. The average molecular weight is 482 g/mol. The number of amides is 2. The van der Waals surface area contributed by atoms with E-state index in [2.05, 4.69) is 46.7 Å². The number of anilines is 1. The van der Waals surface area contributed by atoms with Crippen LogP contribution in [0.1, 0.15) is 76.1 Å². The first-order valence-corrected chi connectivity index (χ1v) is 13.2. The Bertz CT molecular complexity index is 1210. The molecule has 5 rings (SSSR count). The van der Waals surface area contributed by atoms with Crippen molar-refractivity contribution in [1.82, 2.24) is 10.6 Å². The number of piperidine rings is 1. The Morgan fingerprint density at radius 2 is 1.56 bits per heavy atom. The highest BCUT2D eigenvalue weighted by Crippen LogP contribution is 2.31. The summed E-state index contributed by atoms with van der Waals surface area (Å²) in [5, 5.41) is 6.51. The molecule has 1 fully saturated rings. The van der Waals surface area contributed by atoms with Gasteiger partial charge < -0.3 is 15.5 Å². The fourth-order valence-electron chi connectivity index (χ4n) is 5.51. The number of para-hydroxylation sites is 1. The van der Waals surface area contributed by atoms with Crippen LogP contribution < -0.4 is 15.5 Å². The van der Waals surface area contributed by atoms with Gasteiger partial charge >= 0.3 is 0 Å². The van der Waals surface area contributed by atoms with E-state index in [1.54, 1.807) is 0 Å². The predicted octanol–water partition coefficient (Wildman–Crippen LogP) is 5.46. The molecule has 3 aromatic carbocycles. The Labute approximate surface area is 213 Å². The van der Waals surface area contributed by atoms with Crippen molar-refractivity contribution in [2.75, 3.05) is 18.0 Å². The van der Waals surface area contributed by atoms with Gasteiger partial charge in [-0.05, 0) is 79.5 Å². The van der Waals surface area contributed by atoms with Crippen molar-refractivity contribution in [2.45, 2.75) is 57.5 Å². The molecule has 1 atom stereocenters. The molecule has 1 aliphatic heterocycles. The molecule has 2 aliphatic rings. The Morgan fingerprint density at radius 3 is 2.33 bits per heavy atom. The Morgan fingerprint density at radius 1 is 0.833 bits per heavy atom. The first-order chi connectivity index (χ1) is 17.6. The normalized spacial score (nSPS) is 17.8. The second-order valence-corrected chi connectivity index (χ2v) is 9.92. The van der Waals surface area contributed by atoms with Crippen LogP contribution in [0.3, 0.4) is 0 Å². The summed E-state index contributed by atoms with van der Waals surface area (Å²) in [5.74, 6) is -0.0260. The molecule has 1 heterocycles. The number of fused-ring (bicyclic) bond motifs is 1. The van der Waals surface area contributed by atoms with Gasteiger partial charge in [0.05, 0.1) is 11.6 Å². The number of hydrogen-bond donors (Lipinski definition) is 2. The first kappa shape index (κ1) is 24.1. The lowest BCUT2D eigenvalue weighted by atomic mass is 9.87. The molecule has 186 valence electrons. The minimum Gasteiger partial charge on any atom is -0.371 e. The molecule has 0 spiro atoms. The summed E-state index contributed by atoms with van der Waals surface area (Å²) in [4.78, 5) is 28.4. The van der Waals surface area contributed by atoms with Crippen LogP contribution >= 0.6 is 0 Å². The van der Waals surface area contributed by atoms with Crippen molar-refractivity contribution >= 4 is 17.5 Å². The molecule has 0 unspecified atom stereocenters. The van der Waals surface area contributed by atoms with Gasteiger partial charge in [0.1, 0.15) is 0 Å². The van der Waals surface area contributed by atoms with E-state index < -0.39 is 0 Å². The maximum Gasteiger partial charge on any atom is 0.253 e. The van der Waals surface area contributed by atoms with Gasteiger partial charge in [0.2, 0.25) is 0 Å². The lowest BCUT2D eigenvalue weighted by Gasteiger charge is -2.35. The molecule has 0 saturated carbocycles. The van der Waals surface area contributed by atoms with Crippen molar-refractivity contribution in [3.05, 3.63) is 101 Å². The summed E-state index contributed by atoms with van der Waals surface area (Å²) in [7, 11) is 0. The molecule has 3 aromatic rings. The van der Waals surface area contributed by atoms with Crippen LogP contribution in [0.4, 0.5) is 5.69 Å². The SMILES string of the molecule is CCc1ccc(C(=O)NC2CCN(c3ccccc3C(=O)N[C@@H]3CCCc4ccccc43)CC2)cc1. The minimum absolute atomic E-state index is 0.0105. The van der Waals surface area contributed by atoms with Gasteiger partial charge in [0, 0.05) is 30.4 Å². The topological polar surface area (TPSA) is 61.4 Å². The van der Waals surface area contributed by atoms with Gasteiger partial charge in [0.25, 0.3) is 11.8 Å². The van der Waals surface area contributed by atoms with Gasteiger partial charge in [-0.15, -0.1) is 0 Å². The van der Waals surface area contributed by atoms with E-state index in [1.807, 2.05) is 48.5 Å². The fourth-order valence-corrected chi connectivity index (χ4v) is 5.51. The summed E-state index contributed by atoms with van der Waals surface area (Å²) in [6, 6.07) is 24.4. The minimum atomic E-state index is -0.0155. The van der Waals surface area contributed by atoms with Crippen molar-refractivity contribution in [1.29, 1.82) is 0 Å². The third-order valence-electron chi connectivity index (χ3n) is 7.62. The van der Waals surface area contributed by atoms with Crippen LogP contribution in [0.25, 0.3) is 0 Å². The Hall–Kier alpha value is -3.60. The van der Waals surface area contributed by atoms with Crippen LogP contribution in [0.5, 0.6) is 0 Å². The molecule has 1 aliphatic carbocycles. The number of rotatable bonds is 6. The molecular formula is C31H35N3O2. The maximum absolute atomic E-state index is 13.4. The number of nitrogens with zero attached hydrogens (tertiary/aromatic N) is 1. The van der Waals surface area contributed by atoms with Gasteiger partial charge in [-0.2, -0.15) is 0 Å². The standard InChI is InChI=1S/C31H35N3O2/c1-2-22-14-16-24(17-15-22)30(35)32-25-18-20-34(21-19-25)29-13-6-5-11-27(29)31(36)33-28-12-7-9-23-8-3-4-10-26(23)28/h3-6,8,10-11,13-17,25,28H,2,7,9,12,18-21H2,1H3,(H,32,35)(H,33,36)/t28-/m1/s1. The van der Waals surface area contributed by atoms with E-state index in [-0.39, 0.29) is 23.9 Å². The van der Waals surface area contributed by atoms with E-state index >= 15 is 0 Å². The molecule has 0 radical (unpaired) electrons. The highest BCUT2D eigenvalue weighted by atomic mass is 16.2. The fraction of sp³-hybridized carbons (Fsp3) is 0.355. The zero-order chi connectivity index (χ0) is 24.9. The molecule has 1 saturated heterocycles. The van der Waals surface area contributed by atoms with Crippen LogP contribution in [-0.2, 0) is 12.8 Å². The molecular weight excluding hydrogens is 446 g/mol. The number of nitrogens with one attached hydrogen (secondary N) is 2. The van der Waals surface area contributed by atoms with Crippen molar-refractivity contribution in [2.24, 2.45) is 0 Å². The molecule has 2 amide bonds. The van der Waals surface area contributed by atoms with E-state index in [0.29, 0.717) is 5.56 Å². The third-order valence-corrected chi connectivity index (χ3v) is 7.62. The van der Waals surface area contributed by atoms with E-state index in [9.17, 15) is 9.59 Å². The zero-order valence-electron chi connectivity index (χ0n) is 21.0. The second-order valence-electron chi connectivity index (χ2n) is 9.92. The number of hydrogen-bond acceptors (Lipinski definition) is 3. The third kappa shape index (κ3) is 5.30. The summed E-state index contributed by atoms with van der Waals surface area (Å²) in [6.07, 6.45) is 5.81. The molecule has 2 N–H and O–H groups in total. The largest absolute Gasteiger partial charge is 0.371 e. The van der Waals surface area contributed by atoms with E-state index in [4.69, 9.17) is 0 Å². The summed E-state index contributed by atoms with van der Waals surface area (Å²) in [6.45, 7) is 3.71.